The summed E-state index contributed by atoms with van der Waals surface area (Å²) in [5.74, 6) is 0.911. The normalized spacial score (nSPS) is 18.2. The fourth-order valence-corrected chi connectivity index (χ4v) is 3.12. The van der Waals surface area contributed by atoms with Crippen LogP contribution in [0.25, 0.3) is 0 Å². The van der Waals surface area contributed by atoms with Crippen LogP contribution in [0.15, 0.2) is 23.5 Å². The van der Waals surface area contributed by atoms with Crippen LogP contribution in [0.5, 0.6) is 0 Å². The second kappa shape index (κ2) is 6.82. The van der Waals surface area contributed by atoms with Crippen molar-refractivity contribution in [3.05, 3.63) is 24.0 Å². The molecular weight excluding hydrogens is 248 g/mol. The van der Waals surface area contributed by atoms with Crippen molar-refractivity contribution in [1.82, 2.24) is 15.2 Å². The van der Waals surface area contributed by atoms with Gasteiger partial charge in [-0.2, -0.15) is 0 Å². The molecule has 1 aromatic heterocycles. The highest BCUT2D eigenvalue weighted by Gasteiger charge is 2.31. The van der Waals surface area contributed by atoms with Crippen LogP contribution in [0.1, 0.15) is 44.6 Å². The highest BCUT2D eigenvalue weighted by atomic mass is 15.2. The largest absolute Gasteiger partial charge is 0.357 e. The average Bonchev–Trinajstić information content (AvgIpc) is 3.09. The van der Waals surface area contributed by atoms with Crippen LogP contribution in [-0.4, -0.2) is 24.1 Å². The number of aryl methyl sites for hydroxylation is 1. The summed E-state index contributed by atoms with van der Waals surface area (Å²) in [6, 6.07) is 2.13. The minimum Gasteiger partial charge on any atom is -0.357 e. The molecule has 0 aromatic carbocycles. The first-order chi connectivity index (χ1) is 9.67. The van der Waals surface area contributed by atoms with Crippen molar-refractivity contribution in [1.29, 1.82) is 0 Å². The van der Waals surface area contributed by atoms with Crippen molar-refractivity contribution < 1.29 is 0 Å². The van der Waals surface area contributed by atoms with Crippen LogP contribution in [0.2, 0.25) is 0 Å². The highest BCUT2D eigenvalue weighted by molar-refractivity contribution is 5.79. The van der Waals surface area contributed by atoms with E-state index in [9.17, 15) is 0 Å². The molecule has 2 rings (SSSR count). The Bertz CT molecular complexity index is 441. The van der Waals surface area contributed by atoms with E-state index in [4.69, 9.17) is 0 Å². The van der Waals surface area contributed by atoms with Crippen molar-refractivity contribution in [2.45, 2.75) is 45.6 Å². The SMILES string of the molecule is CCC1(CNC(=NC)NCc2ccn(C)c2)CCCC1. The van der Waals surface area contributed by atoms with Gasteiger partial charge in [0.2, 0.25) is 0 Å². The molecule has 1 aliphatic carbocycles. The number of hydrogen-bond donors (Lipinski definition) is 2. The molecule has 20 heavy (non-hydrogen) atoms. The second-order valence-corrected chi connectivity index (χ2v) is 6.03. The van der Waals surface area contributed by atoms with Gasteiger partial charge in [0.25, 0.3) is 0 Å². The van der Waals surface area contributed by atoms with Crippen molar-refractivity contribution in [2.24, 2.45) is 17.5 Å². The molecule has 2 N–H and O–H groups in total. The van der Waals surface area contributed by atoms with E-state index in [-0.39, 0.29) is 0 Å². The van der Waals surface area contributed by atoms with Gasteiger partial charge in [0, 0.05) is 39.6 Å². The van der Waals surface area contributed by atoms with E-state index >= 15 is 0 Å². The maximum absolute atomic E-state index is 4.32. The third kappa shape index (κ3) is 3.78. The van der Waals surface area contributed by atoms with Crippen LogP contribution in [-0.2, 0) is 13.6 Å². The van der Waals surface area contributed by atoms with Crippen LogP contribution in [0, 0.1) is 5.41 Å². The lowest BCUT2D eigenvalue weighted by atomic mass is 9.83. The van der Waals surface area contributed by atoms with Crippen molar-refractivity contribution in [3.8, 4) is 0 Å². The van der Waals surface area contributed by atoms with E-state index in [2.05, 4.69) is 45.6 Å². The number of nitrogens with one attached hydrogen (secondary N) is 2. The zero-order valence-corrected chi connectivity index (χ0v) is 13.1. The Labute approximate surface area is 122 Å². The maximum Gasteiger partial charge on any atom is 0.191 e. The fraction of sp³-hybridized carbons (Fsp3) is 0.688. The lowest BCUT2D eigenvalue weighted by molar-refractivity contribution is 0.283. The van der Waals surface area contributed by atoms with E-state index < -0.39 is 0 Å². The molecule has 112 valence electrons. The smallest absolute Gasteiger partial charge is 0.191 e. The molecule has 0 amide bonds. The Kier molecular flexibility index (Phi) is 5.10. The maximum atomic E-state index is 4.32. The molecule has 1 fully saturated rings. The first kappa shape index (κ1) is 14.9. The van der Waals surface area contributed by atoms with E-state index in [0.29, 0.717) is 5.41 Å². The average molecular weight is 276 g/mol. The predicted molar refractivity (Wildman–Crippen MR) is 84.8 cm³/mol. The van der Waals surface area contributed by atoms with Crippen LogP contribution < -0.4 is 10.6 Å². The first-order valence-corrected chi connectivity index (χ1v) is 7.73. The Morgan fingerprint density at radius 3 is 2.65 bits per heavy atom. The van der Waals surface area contributed by atoms with Gasteiger partial charge < -0.3 is 15.2 Å². The van der Waals surface area contributed by atoms with Gasteiger partial charge in [-0.1, -0.05) is 19.8 Å². The number of aliphatic imine (C=N–C) groups is 1. The van der Waals surface area contributed by atoms with E-state index in [1.807, 2.05) is 14.1 Å². The molecule has 4 nitrogen and oxygen atoms in total. The van der Waals surface area contributed by atoms with Crippen molar-refractivity contribution in [3.63, 3.8) is 0 Å². The van der Waals surface area contributed by atoms with Crippen molar-refractivity contribution >= 4 is 5.96 Å². The Morgan fingerprint density at radius 2 is 2.10 bits per heavy atom. The Balaban J connectivity index is 1.80. The monoisotopic (exact) mass is 276 g/mol. The van der Waals surface area contributed by atoms with Crippen LogP contribution in [0.4, 0.5) is 0 Å². The minimum absolute atomic E-state index is 0.490. The summed E-state index contributed by atoms with van der Waals surface area (Å²) >= 11 is 0. The zero-order chi connectivity index (χ0) is 14.4. The molecule has 4 heteroatoms. The molecule has 0 atom stereocenters. The topological polar surface area (TPSA) is 41.4 Å². The summed E-state index contributed by atoms with van der Waals surface area (Å²) in [5, 5.41) is 6.90. The van der Waals surface area contributed by atoms with Gasteiger partial charge in [-0.3, -0.25) is 4.99 Å². The molecule has 0 radical (unpaired) electrons. The summed E-state index contributed by atoms with van der Waals surface area (Å²) in [5.41, 5.74) is 1.77. The third-order valence-electron chi connectivity index (χ3n) is 4.62. The number of aromatic nitrogens is 1. The molecule has 0 saturated heterocycles. The standard InChI is InChI=1S/C16H28N4/c1-4-16(8-5-6-9-16)13-19-15(17-2)18-11-14-7-10-20(3)12-14/h7,10,12H,4-6,8-9,11,13H2,1-3H3,(H2,17,18,19). The molecule has 1 saturated carbocycles. The number of rotatable bonds is 5. The molecule has 0 spiro atoms. The van der Waals surface area contributed by atoms with Gasteiger partial charge in [-0.15, -0.1) is 0 Å². The Morgan fingerprint density at radius 1 is 1.35 bits per heavy atom. The number of hydrogen-bond acceptors (Lipinski definition) is 1. The summed E-state index contributed by atoms with van der Waals surface area (Å²) < 4.78 is 2.07. The van der Waals surface area contributed by atoms with Gasteiger partial charge in [-0.25, -0.2) is 0 Å². The van der Waals surface area contributed by atoms with Gasteiger partial charge in [-0.05, 0) is 36.3 Å². The summed E-state index contributed by atoms with van der Waals surface area (Å²) in [6.45, 7) is 4.17. The van der Waals surface area contributed by atoms with Gasteiger partial charge in [0.15, 0.2) is 5.96 Å². The third-order valence-corrected chi connectivity index (χ3v) is 4.62. The minimum atomic E-state index is 0.490. The van der Waals surface area contributed by atoms with Crippen molar-refractivity contribution in [2.75, 3.05) is 13.6 Å². The molecule has 1 aromatic rings. The predicted octanol–water partition coefficient (Wildman–Crippen LogP) is 2.66. The highest BCUT2D eigenvalue weighted by Crippen LogP contribution is 2.40. The molecule has 0 bridgehead atoms. The number of nitrogens with zero attached hydrogens (tertiary/aromatic N) is 2. The summed E-state index contributed by atoms with van der Waals surface area (Å²) in [6.07, 6.45) is 10.9. The first-order valence-electron chi connectivity index (χ1n) is 7.73. The van der Waals surface area contributed by atoms with E-state index in [1.165, 1.54) is 37.7 Å². The lowest BCUT2D eigenvalue weighted by Crippen LogP contribution is -2.42. The molecular formula is C16H28N4. The molecule has 1 aliphatic rings. The summed E-state index contributed by atoms with van der Waals surface area (Å²) in [4.78, 5) is 4.32. The molecule has 1 heterocycles. The Hall–Kier alpha value is -1.45. The molecule has 0 aliphatic heterocycles. The van der Waals surface area contributed by atoms with Gasteiger partial charge in [0.1, 0.15) is 0 Å². The van der Waals surface area contributed by atoms with Crippen LogP contribution in [0.3, 0.4) is 0 Å². The zero-order valence-electron chi connectivity index (χ0n) is 13.1. The van der Waals surface area contributed by atoms with E-state index in [0.717, 1.165) is 19.0 Å². The number of guanidine groups is 1. The quantitative estimate of drug-likeness (QED) is 0.641. The molecule has 0 unspecified atom stereocenters. The lowest BCUT2D eigenvalue weighted by Gasteiger charge is -2.28. The van der Waals surface area contributed by atoms with Gasteiger partial charge >= 0.3 is 0 Å². The van der Waals surface area contributed by atoms with Crippen LogP contribution >= 0.6 is 0 Å². The van der Waals surface area contributed by atoms with Gasteiger partial charge in [0.05, 0.1) is 0 Å². The fourth-order valence-electron chi connectivity index (χ4n) is 3.12. The van der Waals surface area contributed by atoms with E-state index in [1.54, 1.807) is 0 Å². The summed E-state index contributed by atoms with van der Waals surface area (Å²) in [7, 11) is 3.88. The second-order valence-electron chi connectivity index (χ2n) is 6.03.